The number of rotatable bonds is 4. The highest BCUT2D eigenvalue weighted by molar-refractivity contribution is 5.76. The molecule has 0 atom stereocenters. The molecule has 0 aliphatic heterocycles. The Bertz CT molecular complexity index is 150. The molecule has 1 N–H and O–H groups in total. The lowest BCUT2D eigenvalue weighted by molar-refractivity contribution is -0.122. The summed E-state index contributed by atoms with van der Waals surface area (Å²) in [5.41, 5.74) is 0.359. The molecular formula is C9H17NO. The molecule has 1 rings (SSSR count). The second-order valence-corrected chi connectivity index (χ2v) is 3.84. The second-order valence-electron chi connectivity index (χ2n) is 3.84. The van der Waals surface area contributed by atoms with Crippen LogP contribution in [0.5, 0.6) is 0 Å². The van der Waals surface area contributed by atoms with E-state index < -0.39 is 0 Å². The van der Waals surface area contributed by atoms with Gasteiger partial charge in [0.15, 0.2) is 0 Å². The first-order chi connectivity index (χ1) is 5.16. The fourth-order valence-corrected chi connectivity index (χ4v) is 1.10. The van der Waals surface area contributed by atoms with E-state index in [1.54, 1.807) is 0 Å². The van der Waals surface area contributed by atoms with Gasteiger partial charge >= 0.3 is 0 Å². The van der Waals surface area contributed by atoms with Gasteiger partial charge in [0.05, 0.1) is 0 Å². The van der Waals surface area contributed by atoms with Crippen LogP contribution in [0.4, 0.5) is 0 Å². The van der Waals surface area contributed by atoms with Crippen LogP contribution < -0.4 is 5.32 Å². The SMILES string of the molecule is CCCNC(=O)CC1(C)CC1. The maximum atomic E-state index is 11.1. The van der Waals surface area contributed by atoms with Crippen molar-refractivity contribution >= 4 is 5.91 Å². The van der Waals surface area contributed by atoms with Crippen LogP contribution in [-0.4, -0.2) is 12.5 Å². The Hall–Kier alpha value is -0.530. The third-order valence-electron chi connectivity index (χ3n) is 2.26. The molecule has 2 nitrogen and oxygen atoms in total. The summed E-state index contributed by atoms with van der Waals surface area (Å²) in [7, 11) is 0. The van der Waals surface area contributed by atoms with Crippen LogP contribution >= 0.6 is 0 Å². The number of amides is 1. The summed E-state index contributed by atoms with van der Waals surface area (Å²) in [6.45, 7) is 5.08. The van der Waals surface area contributed by atoms with E-state index in [-0.39, 0.29) is 5.91 Å². The van der Waals surface area contributed by atoms with E-state index in [0.29, 0.717) is 5.41 Å². The third-order valence-corrected chi connectivity index (χ3v) is 2.26. The molecule has 0 unspecified atom stereocenters. The first-order valence-electron chi connectivity index (χ1n) is 4.43. The molecule has 0 radical (unpaired) electrons. The van der Waals surface area contributed by atoms with Gasteiger partial charge in [-0.05, 0) is 24.7 Å². The lowest BCUT2D eigenvalue weighted by Crippen LogP contribution is -2.25. The largest absolute Gasteiger partial charge is 0.356 e. The van der Waals surface area contributed by atoms with Crippen molar-refractivity contribution in [3.63, 3.8) is 0 Å². The first kappa shape index (κ1) is 8.57. The van der Waals surface area contributed by atoms with E-state index in [2.05, 4.69) is 19.2 Å². The van der Waals surface area contributed by atoms with Crippen molar-refractivity contribution in [2.75, 3.05) is 6.54 Å². The molecule has 1 fully saturated rings. The zero-order valence-electron chi connectivity index (χ0n) is 7.44. The number of carbonyl (C=O) groups excluding carboxylic acids is 1. The summed E-state index contributed by atoms with van der Waals surface area (Å²) < 4.78 is 0. The number of nitrogens with one attached hydrogen (secondary N) is 1. The summed E-state index contributed by atoms with van der Waals surface area (Å²) >= 11 is 0. The Kier molecular flexibility index (Phi) is 2.53. The average Bonchev–Trinajstić information content (AvgIpc) is 2.63. The van der Waals surface area contributed by atoms with Crippen LogP contribution in [0, 0.1) is 5.41 Å². The van der Waals surface area contributed by atoms with Crippen molar-refractivity contribution in [2.24, 2.45) is 5.41 Å². The van der Waals surface area contributed by atoms with Crippen molar-refractivity contribution < 1.29 is 4.79 Å². The minimum absolute atomic E-state index is 0.229. The minimum atomic E-state index is 0.229. The number of hydrogen-bond acceptors (Lipinski definition) is 1. The van der Waals surface area contributed by atoms with E-state index >= 15 is 0 Å². The zero-order chi connectivity index (χ0) is 8.32. The number of hydrogen-bond donors (Lipinski definition) is 1. The summed E-state index contributed by atoms with van der Waals surface area (Å²) in [6.07, 6.45) is 4.22. The molecule has 1 aliphatic rings. The molecule has 0 saturated heterocycles. The van der Waals surface area contributed by atoms with Crippen LogP contribution in [0.15, 0.2) is 0 Å². The summed E-state index contributed by atoms with van der Waals surface area (Å²) in [4.78, 5) is 11.1. The molecule has 0 aromatic rings. The molecule has 0 aromatic heterocycles. The topological polar surface area (TPSA) is 29.1 Å². The van der Waals surface area contributed by atoms with E-state index in [4.69, 9.17) is 0 Å². The zero-order valence-corrected chi connectivity index (χ0v) is 7.44. The highest BCUT2D eigenvalue weighted by atomic mass is 16.1. The van der Waals surface area contributed by atoms with Crippen LogP contribution in [0.25, 0.3) is 0 Å². The van der Waals surface area contributed by atoms with Crippen molar-refractivity contribution in [3.05, 3.63) is 0 Å². The van der Waals surface area contributed by atoms with Gasteiger partial charge in [-0.1, -0.05) is 13.8 Å². The predicted molar refractivity (Wildman–Crippen MR) is 45.3 cm³/mol. The molecule has 0 bridgehead atoms. The van der Waals surface area contributed by atoms with Gasteiger partial charge in [0.25, 0.3) is 0 Å². The summed E-state index contributed by atoms with van der Waals surface area (Å²) in [6, 6.07) is 0. The molecule has 1 amide bonds. The Morgan fingerprint density at radius 1 is 1.55 bits per heavy atom. The molecule has 1 saturated carbocycles. The molecule has 11 heavy (non-hydrogen) atoms. The Balaban J connectivity index is 2.11. The highest BCUT2D eigenvalue weighted by Gasteiger charge is 2.38. The normalized spacial score (nSPS) is 19.5. The van der Waals surface area contributed by atoms with Crippen molar-refractivity contribution in [1.82, 2.24) is 5.32 Å². The van der Waals surface area contributed by atoms with E-state index in [9.17, 15) is 4.79 Å². The maximum absolute atomic E-state index is 11.1. The standard InChI is InChI=1S/C9H17NO/c1-3-6-10-8(11)7-9(2)4-5-9/h3-7H2,1-2H3,(H,10,11). The van der Waals surface area contributed by atoms with Crippen LogP contribution in [0.2, 0.25) is 0 Å². The lowest BCUT2D eigenvalue weighted by atomic mass is 10.1. The summed E-state index contributed by atoms with van der Waals surface area (Å²) in [5, 5.41) is 2.89. The molecule has 0 aromatic carbocycles. The second kappa shape index (κ2) is 3.24. The fraction of sp³-hybridized carbons (Fsp3) is 0.889. The highest BCUT2D eigenvalue weighted by Crippen LogP contribution is 2.47. The molecule has 0 spiro atoms. The van der Waals surface area contributed by atoms with Gasteiger partial charge in [-0.25, -0.2) is 0 Å². The van der Waals surface area contributed by atoms with E-state index in [1.807, 2.05) is 0 Å². The van der Waals surface area contributed by atoms with Gasteiger partial charge in [-0.15, -0.1) is 0 Å². The monoisotopic (exact) mass is 155 g/mol. The number of carbonyl (C=O) groups is 1. The average molecular weight is 155 g/mol. The third kappa shape index (κ3) is 2.91. The quantitative estimate of drug-likeness (QED) is 0.657. The van der Waals surface area contributed by atoms with Crippen LogP contribution in [0.1, 0.15) is 39.5 Å². The smallest absolute Gasteiger partial charge is 0.220 e. The van der Waals surface area contributed by atoms with Gasteiger partial charge < -0.3 is 5.32 Å². The molecular weight excluding hydrogens is 138 g/mol. The Morgan fingerprint density at radius 3 is 2.64 bits per heavy atom. The van der Waals surface area contributed by atoms with Gasteiger partial charge in [-0.3, -0.25) is 4.79 Å². The van der Waals surface area contributed by atoms with E-state index in [0.717, 1.165) is 19.4 Å². The predicted octanol–water partition coefficient (Wildman–Crippen LogP) is 1.70. The lowest BCUT2D eigenvalue weighted by Gasteiger charge is -2.07. The molecule has 2 heteroatoms. The van der Waals surface area contributed by atoms with Gasteiger partial charge in [0.2, 0.25) is 5.91 Å². The van der Waals surface area contributed by atoms with Gasteiger partial charge in [-0.2, -0.15) is 0 Å². The van der Waals surface area contributed by atoms with Crippen LogP contribution in [0.3, 0.4) is 0 Å². The van der Waals surface area contributed by atoms with Crippen molar-refractivity contribution in [3.8, 4) is 0 Å². The van der Waals surface area contributed by atoms with Gasteiger partial charge in [0.1, 0.15) is 0 Å². The minimum Gasteiger partial charge on any atom is -0.356 e. The first-order valence-corrected chi connectivity index (χ1v) is 4.43. The van der Waals surface area contributed by atoms with E-state index in [1.165, 1.54) is 12.8 Å². The Morgan fingerprint density at radius 2 is 2.18 bits per heavy atom. The van der Waals surface area contributed by atoms with Crippen molar-refractivity contribution in [2.45, 2.75) is 39.5 Å². The molecule has 0 heterocycles. The Labute approximate surface area is 68.4 Å². The summed E-state index contributed by atoms with van der Waals surface area (Å²) in [5.74, 6) is 0.229. The molecule has 1 aliphatic carbocycles. The van der Waals surface area contributed by atoms with Crippen molar-refractivity contribution in [1.29, 1.82) is 0 Å². The van der Waals surface area contributed by atoms with Gasteiger partial charge in [0, 0.05) is 13.0 Å². The molecule has 64 valence electrons. The van der Waals surface area contributed by atoms with Crippen LogP contribution in [-0.2, 0) is 4.79 Å². The fourth-order valence-electron chi connectivity index (χ4n) is 1.10. The maximum Gasteiger partial charge on any atom is 0.220 e.